The quantitative estimate of drug-likeness (QED) is 0.336. The summed E-state index contributed by atoms with van der Waals surface area (Å²) >= 11 is 0.466. The maximum Gasteiger partial charge on any atom is 0.372 e. The van der Waals surface area contributed by atoms with E-state index in [1.165, 1.54) is 31.4 Å². The van der Waals surface area contributed by atoms with Crippen molar-refractivity contribution < 1.29 is 47.3 Å². The summed E-state index contributed by atoms with van der Waals surface area (Å²) in [5.41, 5.74) is 0.590. The molecule has 0 aliphatic rings. The van der Waals surface area contributed by atoms with E-state index in [1.807, 2.05) is 0 Å². The molecule has 9 nitrogen and oxygen atoms in total. The van der Waals surface area contributed by atoms with E-state index in [4.69, 9.17) is 14.2 Å². The lowest BCUT2D eigenvalue weighted by Gasteiger charge is -2.14. The predicted molar refractivity (Wildman–Crippen MR) is 138 cm³/mol. The Hall–Kier alpha value is -4.45. The summed E-state index contributed by atoms with van der Waals surface area (Å²) < 4.78 is 43.5. The maximum atomic E-state index is 14.4. The first-order valence-corrected chi connectivity index (χ1v) is 12.3. The highest BCUT2D eigenvalue weighted by Crippen LogP contribution is 2.31. The molecule has 3 rings (SSSR count). The molecule has 3 aromatic rings. The number of halogens is 2. The zero-order valence-electron chi connectivity index (χ0n) is 20.7. The van der Waals surface area contributed by atoms with Gasteiger partial charge in [0.15, 0.2) is 0 Å². The number of carbonyl (C=O) groups is 4. The third kappa shape index (κ3) is 8.27. The number of esters is 1. The number of carbonyl (C=O) groups excluding carboxylic acids is 3. The van der Waals surface area contributed by atoms with E-state index in [9.17, 15) is 33.1 Å². The fraction of sp³-hybridized carbons (Fsp3) is 0.185. The molecule has 2 N–H and O–H groups in total. The van der Waals surface area contributed by atoms with E-state index in [0.717, 1.165) is 13.0 Å². The number of methoxy groups -OCH3 is 1. The summed E-state index contributed by atoms with van der Waals surface area (Å²) in [6, 6.07) is 12.1. The zero-order chi connectivity index (χ0) is 28.5. The van der Waals surface area contributed by atoms with E-state index in [1.54, 1.807) is 24.3 Å². The van der Waals surface area contributed by atoms with Gasteiger partial charge in [-0.25, -0.2) is 23.2 Å². The number of aliphatic carboxylic acids is 1. The van der Waals surface area contributed by atoms with Gasteiger partial charge in [0.25, 0.3) is 0 Å². The molecule has 3 aromatic carbocycles. The van der Waals surface area contributed by atoms with Gasteiger partial charge in [-0.2, -0.15) is 0 Å². The van der Waals surface area contributed by atoms with Gasteiger partial charge in [0.05, 0.1) is 7.11 Å². The zero-order valence-corrected chi connectivity index (χ0v) is 21.6. The Bertz CT molecular complexity index is 1380. The van der Waals surface area contributed by atoms with Crippen molar-refractivity contribution in [1.82, 2.24) is 5.32 Å². The molecule has 12 heteroatoms. The molecular weight excluding hydrogens is 536 g/mol. The van der Waals surface area contributed by atoms with Gasteiger partial charge >= 0.3 is 17.2 Å². The lowest BCUT2D eigenvalue weighted by Crippen LogP contribution is -2.41. The van der Waals surface area contributed by atoms with E-state index < -0.39 is 40.8 Å². The molecular formula is C27H23F2NO8S. The number of thioether (sulfide) groups is 1. The largest absolute Gasteiger partial charge is 0.497 e. The highest BCUT2D eigenvalue weighted by molar-refractivity contribution is 8.13. The van der Waals surface area contributed by atoms with Gasteiger partial charge in [-0.3, -0.25) is 4.79 Å². The Morgan fingerprint density at radius 2 is 1.72 bits per heavy atom. The number of rotatable bonds is 10. The Labute approximate surface area is 226 Å². The van der Waals surface area contributed by atoms with Crippen LogP contribution in [0.1, 0.15) is 22.8 Å². The number of hydrogen-bond acceptors (Lipinski definition) is 8. The SMILES string of the molecule is COc1ccc(COC(=O)c2cc(-c3ccc(F)cc3F)ccc2OC(=O)SCC(NC(C)=O)C(=O)O)cc1. The van der Waals surface area contributed by atoms with Crippen LogP contribution < -0.4 is 14.8 Å². The molecule has 204 valence electrons. The fourth-order valence-corrected chi connectivity index (χ4v) is 3.99. The molecule has 0 aromatic heterocycles. The van der Waals surface area contributed by atoms with E-state index in [-0.39, 0.29) is 34.8 Å². The third-order valence-corrected chi connectivity index (χ3v) is 6.03. The molecule has 0 spiro atoms. The topological polar surface area (TPSA) is 128 Å². The van der Waals surface area contributed by atoms with Gasteiger partial charge in [0.1, 0.15) is 41.3 Å². The van der Waals surface area contributed by atoms with Crippen molar-refractivity contribution in [3.05, 3.63) is 83.4 Å². The van der Waals surface area contributed by atoms with Crippen LogP contribution in [0.15, 0.2) is 60.7 Å². The van der Waals surface area contributed by atoms with Crippen LogP contribution in [0.2, 0.25) is 0 Å². The van der Waals surface area contributed by atoms with E-state index in [0.29, 0.717) is 29.1 Å². The second-order valence-corrected chi connectivity index (χ2v) is 8.97. The molecule has 0 saturated heterocycles. The molecule has 39 heavy (non-hydrogen) atoms. The number of carboxylic acid groups (broad SMARTS) is 1. The van der Waals surface area contributed by atoms with Crippen LogP contribution in [0.3, 0.4) is 0 Å². The number of amides is 1. The minimum absolute atomic E-state index is 0.00698. The smallest absolute Gasteiger partial charge is 0.372 e. The summed E-state index contributed by atoms with van der Waals surface area (Å²) in [7, 11) is 1.51. The van der Waals surface area contributed by atoms with Crippen molar-refractivity contribution in [2.75, 3.05) is 12.9 Å². The minimum Gasteiger partial charge on any atom is -0.497 e. The normalized spacial score (nSPS) is 11.3. The van der Waals surface area contributed by atoms with Gasteiger partial charge in [-0.1, -0.05) is 18.2 Å². The van der Waals surface area contributed by atoms with Crippen molar-refractivity contribution in [1.29, 1.82) is 0 Å². The molecule has 0 aliphatic carbocycles. The second kappa shape index (κ2) is 13.4. The number of carboxylic acids is 1. The molecule has 0 aliphatic heterocycles. The van der Waals surface area contributed by atoms with Gasteiger partial charge < -0.3 is 24.6 Å². The number of ether oxygens (including phenoxy) is 3. The molecule has 0 saturated carbocycles. The maximum absolute atomic E-state index is 14.4. The molecule has 0 heterocycles. The lowest BCUT2D eigenvalue weighted by molar-refractivity contribution is -0.140. The summed E-state index contributed by atoms with van der Waals surface area (Å²) in [5.74, 6) is -4.46. The van der Waals surface area contributed by atoms with Crippen LogP contribution in [-0.2, 0) is 20.9 Å². The number of nitrogens with one attached hydrogen (secondary N) is 1. The van der Waals surface area contributed by atoms with Crippen molar-refractivity contribution in [2.45, 2.75) is 19.6 Å². The molecule has 1 amide bonds. The summed E-state index contributed by atoms with van der Waals surface area (Å²) in [6.45, 7) is 0.991. The predicted octanol–water partition coefficient (Wildman–Crippen LogP) is 4.82. The Morgan fingerprint density at radius 3 is 2.33 bits per heavy atom. The summed E-state index contributed by atoms with van der Waals surface area (Å²) in [6.07, 6.45) is 0. The van der Waals surface area contributed by atoms with Crippen LogP contribution in [0.4, 0.5) is 13.6 Å². The Balaban J connectivity index is 1.84. The van der Waals surface area contributed by atoms with E-state index in [2.05, 4.69) is 5.32 Å². The molecule has 1 unspecified atom stereocenters. The first-order valence-electron chi connectivity index (χ1n) is 11.3. The average Bonchev–Trinajstić information content (AvgIpc) is 2.90. The van der Waals surface area contributed by atoms with Gasteiger partial charge in [0.2, 0.25) is 5.91 Å². The monoisotopic (exact) mass is 559 g/mol. The van der Waals surface area contributed by atoms with Crippen molar-refractivity contribution in [3.8, 4) is 22.6 Å². The molecule has 0 bridgehead atoms. The molecule has 0 fully saturated rings. The number of hydrogen-bond donors (Lipinski definition) is 2. The van der Waals surface area contributed by atoms with Crippen LogP contribution in [0.5, 0.6) is 11.5 Å². The number of benzene rings is 3. The van der Waals surface area contributed by atoms with Crippen LogP contribution in [-0.4, -0.2) is 47.2 Å². The van der Waals surface area contributed by atoms with Gasteiger partial charge in [-0.05, 0) is 59.3 Å². The first-order chi connectivity index (χ1) is 18.6. The molecule has 0 radical (unpaired) electrons. The lowest BCUT2D eigenvalue weighted by atomic mass is 10.0. The second-order valence-electron chi connectivity index (χ2n) is 8.01. The van der Waals surface area contributed by atoms with E-state index >= 15 is 0 Å². The minimum atomic E-state index is -1.35. The van der Waals surface area contributed by atoms with Crippen LogP contribution >= 0.6 is 11.8 Å². The highest BCUT2D eigenvalue weighted by atomic mass is 32.2. The first kappa shape index (κ1) is 29.1. The van der Waals surface area contributed by atoms with Gasteiger partial charge in [-0.15, -0.1) is 0 Å². The summed E-state index contributed by atoms with van der Waals surface area (Å²) in [4.78, 5) is 48.0. The standard InChI is InChI=1S/C27H23F2NO8S/c1-15(31)30-23(25(32)33)14-39-27(35)38-24-10-5-17(20-9-6-18(28)12-22(20)29)11-21(24)26(34)37-13-16-3-7-19(36-2)8-4-16/h3-12,23H,13-14H2,1-2H3,(H,30,31)(H,32,33). The van der Waals surface area contributed by atoms with Gasteiger partial charge in [0, 0.05) is 24.3 Å². The highest BCUT2D eigenvalue weighted by Gasteiger charge is 2.23. The molecule has 1 atom stereocenters. The van der Waals surface area contributed by atoms with Crippen molar-refractivity contribution in [2.24, 2.45) is 0 Å². The van der Waals surface area contributed by atoms with Crippen molar-refractivity contribution >= 4 is 34.9 Å². The van der Waals surface area contributed by atoms with Crippen LogP contribution in [0, 0.1) is 11.6 Å². The Morgan fingerprint density at radius 1 is 1.00 bits per heavy atom. The summed E-state index contributed by atoms with van der Waals surface area (Å²) in [5, 5.41) is 10.4. The Kier molecular flexibility index (Phi) is 9.98. The third-order valence-electron chi connectivity index (χ3n) is 5.21. The average molecular weight is 560 g/mol. The van der Waals surface area contributed by atoms with Crippen LogP contribution in [0.25, 0.3) is 11.1 Å². The van der Waals surface area contributed by atoms with Crippen molar-refractivity contribution in [3.63, 3.8) is 0 Å². The fourth-order valence-electron chi connectivity index (χ4n) is 3.31.